The van der Waals surface area contributed by atoms with Crippen molar-refractivity contribution in [2.75, 3.05) is 24.6 Å². The average molecular weight is 228 g/mol. The van der Waals surface area contributed by atoms with Crippen LogP contribution < -0.4 is 4.90 Å². The van der Waals surface area contributed by atoms with Gasteiger partial charge in [0.25, 0.3) is 0 Å². The fraction of sp³-hybridized carbons (Fsp3) is 0.600. The molecule has 82 valence electrons. The van der Waals surface area contributed by atoms with Crippen LogP contribution >= 0.6 is 11.6 Å². The Balaban J connectivity index is 2.13. The van der Waals surface area contributed by atoms with Crippen molar-refractivity contribution in [2.45, 2.75) is 6.92 Å². The van der Waals surface area contributed by atoms with E-state index in [1.807, 2.05) is 0 Å². The first kappa shape index (κ1) is 10.6. The molecule has 1 fully saturated rings. The molecule has 0 radical (unpaired) electrons. The zero-order chi connectivity index (χ0) is 10.8. The summed E-state index contributed by atoms with van der Waals surface area (Å²) in [5.74, 6) is 1.67. The molecular formula is C10H14ClN3O. The number of aromatic nitrogens is 2. The van der Waals surface area contributed by atoms with Gasteiger partial charge in [0.1, 0.15) is 17.3 Å². The lowest BCUT2D eigenvalue weighted by Gasteiger charge is -2.16. The van der Waals surface area contributed by atoms with Gasteiger partial charge in [-0.25, -0.2) is 9.97 Å². The van der Waals surface area contributed by atoms with E-state index in [1.165, 1.54) is 6.33 Å². The van der Waals surface area contributed by atoms with Crippen LogP contribution in [-0.4, -0.2) is 34.8 Å². The van der Waals surface area contributed by atoms with Crippen molar-refractivity contribution >= 4 is 17.4 Å². The second-order valence-corrected chi connectivity index (χ2v) is 4.41. The molecule has 1 saturated heterocycles. The predicted molar refractivity (Wildman–Crippen MR) is 59.0 cm³/mol. The number of hydrogen-bond donors (Lipinski definition) is 1. The third kappa shape index (κ3) is 2.21. The molecule has 2 rings (SSSR count). The molecule has 1 aliphatic heterocycles. The van der Waals surface area contributed by atoms with Crippen LogP contribution in [0.3, 0.4) is 0 Å². The largest absolute Gasteiger partial charge is 0.396 e. The van der Waals surface area contributed by atoms with E-state index in [-0.39, 0.29) is 6.61 Å². The predicted octanol–water partition coefficient (Wildman–Crippen LogP) is 1.19. The highest BCUT2D eigenvalue weighted by Crippen LogP contribution is 2.26. The van der Waals surface area contributed by atoms with Gasteiger partial charge < -0.3 is 10.0 Å². The van der Waals surface area contributed by atoms with Crippen molar-refractivity contribution < 1.29 is 5.11 Å². The molecule has 1 aliphatic rings. The maximum Gasteiger partial charge on any atom is 0.134 e. The lowest BCUT2D eigenvalue weighted by molar-refractivity contribution is 0.212. The first-order valence-electron chi connectivity index (χ1n) is 5.04. The van der Waals surface area contributed by atoms with Crippen molar-refractivity contribution in [1.82, 2.24) is 9.97 Å². The summed E-state index contributed by atoms with van der Waals surface area (Å²) in [6, 6.07) is 1.76. The van der Waals surface area contributed by atoms with Gasteiger partial charge in [0.2, 0.25) is 0 Å². The minimum atomic E-state index is 0.233. The fourth-order valence-corrected chi connectivity index (χ4v) is 2.10. The van der Waals surface area contributed by atoms with Gasteiger partial charge in [0, 0.05) is 31.7 Å². The number of rotatable bonds is 2. The second-order valence-electron chi connectivity index (χ2n) is 4.02. The van der Waals surface area contributed by atoms with Crippen LogP contribution in [0.4, 0.5) is 5.82 Å². The SMILES string of the molecule is C[C@@H]1CN(c2cc(Cl)ncn2)C[C@@H]1CO. The quantitative estimate of drug-likeness (QED) is 0.772. The summed E-state index contributed by atoms with van der Waals surface area (Å²) in [6.45, 7) is 4.13. The van der Waals surface area contributed by atoms with Gasteiger partial charge in [-0.2, -0.15) is 0 Å². The molecular weight excluding hydrogens is 214 g/mol. The standard InChI is InChI=1S/C10H14ClN3O/c1-7-3-14(4-8(7)5-15)10-2-9(11)12-6-13-10/h2,6-8,15H,3-5H2,1H3/t7-,8-/m1/s1. The molecule has 1 aromatic rings. The minimum absolute atomic E-state index is 0.233. The molecule has 15 heavy (non-hydrogen) atoms. The van der Waals surface area contributed by atoms with Gasteiger partial charge in [-0.3, -0.25) is 0 Å². The van der Waals surface area contributed by atoms with E-state index in [1.54, 1.807) is 6.07 Å². The van der Waals surface area contributed by atoms with Crippen LogP contribution in [0.1, 0.15) is 6.92 Å². The molecule has 0 bridgehead atoms. The number of anilines is 1. The highest BCUT2D eigenvalue weighted by Gasteiger charge is 2.29. The van der Waals surface area contributed by atoms with Gasteiger partial charge in [0.05, 0.1) is 0 Å². The molecule has 0 spiro atoms. The summed E-state index contributed by atoms with van der Waals surface area (Å²) < 4.78 is 0. The fourth-order valence-electron chi connectivity index (χ4n) is 1.96. The molecule has 2 atom stereocenters. The maximum absolute atomic E-state index is 9.17. The van der Waals surface area contributed by atoms with Crippen molar-refractivity contribution in [2.24, 2.45) is 11.8 Å². The Labute approximate surface area is 93.9 Å². The van der Waals surface area contributed by atoms with E-state index < -0.39 is 0 Å². The average Bonchev–Trinajstić information content (AvgIpc) is 2.60. The second kappa shape index (κ2) is 4.33. The van der Waals surface area contributed by atoms with Crippen LogP contribution in [0.5, 0.6) is 0 Å². The van der Waals surface area contributed by atoms with E-state index in [2.05, 4.69) is 21.8 Å². The lowest BCUT2D eigenvalue weighted by atomic mass is 10.00. The Morgan fingerprint density at radius 2 is 2.33 bits per heavy atom. The van der Waals surface area contributed by atoms with Gasteiger partial charge >= 0.3 is 0 Å². The number of aliphatic hydroxyl groups excluding tert-OH is 1. The van der Waals surface area contributed by atoms with Gasteiger partial charge in [-0.1, -0.05) is 18.5 Å². The van der Waals surface area contributed by atoms with E-state index in [4.69, 9.17) is 11.6 Å². The zero-order valence-corrected chi connectivity index (χ0v) is 9.35. The molecule has 0 aromatic carbocycles. The third-order valence-corrected chi connectivity index (χ3v) is 3.15. The number of halogens is 1. The first-order valence-corrected chi connectivity index (χ1v) is 5.42. The smallest absolute Gasteiger partial charge is 0.134 e. The Bertz CT molecular complexity index is 347. The van der Waals surface area contributed by atoms with Crippen LogP contribution in [0.15, 0.2) is 12.4 Å². The number of hydrogen-bond acceptors (Lipinski definition) is 4. The van der Waals surface area contributed by atoms with Crippen LogP contribution in [-0.2, 0) is 0 Å². The van der Waals surface area contributed by atoms with E-state index in [9.17, 15) is 5.11 Å². The van der Waals surface area contributed by atoms with E-state index in [0.29, 0.717) is 17.0 Å². The molecule has 0 unspecified atom stereocenters. The zero-order valence-electron chi connectivity index (χ0n) is 8.60. The summed E-state index contributed by atoms with van der Waals surface area (Å²) >= 11 is 5.80. The van der Waals surface area contributed by atoms with E-state index in [0.717, 1.165) is 18.9 Å². The van der Waals surface area contributed by atoms with E-state index >= 15 is 0 Å². The Morgan fingerprint density at radius 3 is 2.93 bits per heavy atom. The molecule has 5 heteroatoms. The Morgan fingerprint density at radius 1 is 1.53 bits per heavy atom. The molecule has 4 nitrogen and oxygen atoms in total. The number of aliphatic hydroxyl groups is 1. The molecule has 0 amide bonds. The summed E-state index contributed by atoms with van der Waals surface area (Å²) in [6.07, 6.45) is 1.47. The monoisotopic (exact) mass is 227 g/mol. The summed E-state index contributed by atoms with van der Waals surface area (Å²) in [7, 11) is 0. The molecule has 0 aliphatic carbocycles. The molecule has 0 saturated carbocycles. The van der Waals surface area contributed by atoms with Crippen LogP contribution in [0, 0.1) is 11.8 Å². The minimum Gasteiger partial charge on any atom is -0.396 e. The highest BCUT2D eigenvalue weighted by molar-refractivity contribution is 6.29. The summed E-state index contributed by atoms with van der Waals surface area (Å²) in [5, 5.41) is 9.63. The van der Waals surface area contributed by atoms with Crippen molar-refractivity contribution in [3.05, 3.63) is 17.5 Å². The highest BCUT2D eigenvalue weighted by atomic mass is 35.5. The Hall–Kier alpha value is -0.870. The molecule has 2 heterocycles. The Kier molecular flexibility index (Phi) is 3.07. The van der Waals surface area contributed by atoms with Gasteiger partial charge in [-0.05, 0) is 5.92 Å². The molecule has 1 N–H and O–H groups in total. The van der Waals surface area contributed by atoms with Crippen LogP contribution in [0.2, 0.25) is 5.15 Å². The summed E-state index contributed by atoms with van der Waals surface area (Å²) in [4.78, 5) is 10.2. The lowest BCUT2D eigenvalue weighted by Crippen LogP contribution is -2.21. The summed E-state index contributed by atoms with van der Waals surface area (Å²) in [5.41, 5.74) is 0. The topological polar surface area (TPSA) is 49.2 Å². The normalized spacial score (nSPS) is 25.9. The molecule has 1 aromatic heterocycles. The van der Waals surface area contributed by atoms with Gasteiger partial charge in [0.15, 0.2) is 0 Å². The van der Waals surface area contributed by atoms with Crippen LogP contribution in [0.25, 0.3) is 0 Å². The first-order chi connectivity index (χ1) is 7.20. The number of nitrogens with zero attached hydrogens (tertiary/aromatic N) is 3. The van der Waals surface area contributed by atoms with Crippen molar-refractivity contribution in [3.8, 4) is 0 Å². The third-order valence-electron chi connectivity index (χ3n) is 2.95. The van der Waals surface area contributed by atoms with Gasteiger partial charge in [-0.15, -0.1) is 0 Å². The maximum atomic E-state index is 9.17. The van der Waals surface area contributed by atoms with Crippen molar-refractivity contribution in [3.63, 3.8) is 0 Å². The van der Waals surface area contributed by atoms with Crippen molar-refractivity contribution in [1.29, 1.82) is 0 Å².